The SMILES string of the molecule is CCOC(=O)c1c(C)[nH]c(C)c1C(=O)CN1CCN(Cc2ccccc2)CC1. The minimum atomic E-state index is -0.430. The van der Waals surface area contributed by atoms with Gasteiger partial charge in [-0.2, -0.15) is 0 Å². The number of carbonyl (C=O) groups is 2. The fourth-order valence-corrected chi connectivity index (χ4v) is 3.82. The molecule has 3 rings (SSSR count). The number of aromatic amines is 1. The summed E-state index contributed by atoms with van der Waals surface area (Å²) in [5.41, 5.74) is 3.58. The molecule has 0 saturated carbocycles. The van der Waals surface area contributed by atoms with Gasteiger partial charge in [-0.1, -0.05) is 30.3 Å². The molecule has 0 amide bonds. The highest BCUT2D eigenvalue weighted by Gasteiger charge is 2.27. The third kappa shape index (κ3) is 4.69. The maximum atomic E-state index is 13.0. The number of Topliss-reactive ketones (excluding diaryl/α,β-unsaturated/α-hetero) is 1. The lowest BCUT2D eigenvalue weighted by atomic mass is 10.0. The molecule has 1 aromatic heterocycles. The molecule has 1 aliphatic rings. The number of hydrogen-bond acceptors (Lipinski definition) is 5. The number of aromatic nitrogens is 1. The lowest BCUT2D eigenvalue weighted by Crippen LogP contribution is -2.47. The van der Waals surface area contributed by atoms with Crippen LogP contribution in [0, 0.1) is 13.8 Å². The molecular formula is C22H29N3O3. The number of rotatable bonds is 7. The average molecular weight is 383 g/mol. The van der Waals surface area contributed by atoms with Gasteiger partial charge in [0.2, 0.25) is 0 Å². The van der Waals surface area contributed by atoms with Crippen LogP contribution in [0.25, 0.3) is 0 Å². The number of aryl methyl sites for hydroxylation is 2. The maximum absolute atomic E-state index is 13.0. The summed E-state index contributed by atoms with van der Waals surface area (Å²) in [6.45, 7) is 10.5. The van der Waals surface area contributed by atoms with Crippen LogP contribution in [-0.2, 0) is 11.3 Å². The lowest BCUT2D eigenvalue weighted by Gasteiger charge is -2.34. The largest absolute Gasteiger partial charge is 0.462 e. The Kier molecular flexibility index (Phi) is 6.65. The number of ether oxygens (including phenoxy) is 1. The molecule has 0 spiro atoms. The number of nitrogens with one attached hydrogen (secondary N) is 1. The summed E-state index contributed by atoms with van der Waals surface area (Å²) in [6.07, 6.45) is 0. The first kappa shape index (κ1) is 20.3. The zero-order valence-electron chi connectivity index (χ0n) is 17.0. The highest BCUT2D eigenvalue weighted by Crippen LogP contribution is 2.21. The zero-order valence-corrected chi connectivity index (χ0v) is 17.0. The number of benzene rings is 1. The lowest BCUT2D eigenvalue weighted by molar-refractivity contribution is 0.0521. The number of piperazine rings is 1. The van der Waals surface area contributed by atoms with Crippen molar-refractivity contribution in [1.82, 2.24) is 14.8 Å². The van der Waals surface area contributed by atoms with Gasteiger partial charge in [-0.05, 0) is 26.3 Å². The van der Waals surface area contributed by atoms with Gasteiger partial charge in [-0.15, -0.1) is 0 Å². The van der Waals surface area contributed by atoms with Gasteiger partial charge < -0.3 is 9.72 Å². The van der Waals surface area contributed by atoms with Crippen molar-refractivity contribution in [3.05, 3.63) is 58.4 Å². The van der Waals surface area contributed by atoms with Gasteiger partial charge in [0.25, 0.3) is 0 Å². The molecule has 6 heteroatoms. The standard InChI is InChI=1S/C22H29N3O3/c1-4-28-22(27)21-17(3)23-16(2)20(21)19(26)15-25-12-10-24(11-13-25)14-18-8-6-5-7-9-18/h5-9,23H,4,10-15H2,1-3H3. The van der Waals surface area contributed by atoms with E-state index in [-0.39, 0.29) is 5.78 Å². The van der Waals surface area contributed by atoms with Crippen LogP contribution in [0.4, 0.5) is 0 Å². The molecule has 6 nitrogen and oxygen atoms in total. The second kappa shape index (κ2) is 9.17. The molecule has 0 unspecified atom stereocenters. The second-order valence-corrected chi connectivity index (χ2v) is 7.31. The number of esters is 1. The highest BCUT2D eigenvalue weighted by atomic mass is 16.5. The molecule has 2 heterocycles. The monoisotopic (exact) mass is 383 g/mol. The molecule has 0 radical (unpaired) electrons. The van der Waals surface area contributed by atoms with Gasteiger partial charge in [0.15, 0.2) is 5.78 Å². The maximum Gasteiger partial charge on any atom is 0.340 e. The molecule has 2 aromatic rings. The summed E-state index contributed by atoms with van der Waals surface area (Å²) >= 11 is 0. The number of ketones is 1. The van der Waals surface area contributed by atoms with E-state index in [1.54, 1.807) is 13.8 Å². The zero-order chi connectivity index (χ0) is 20.1. The molecular weight excluding hydrogens is 354 g/mol. The third-order valence-corrected chi connectivity index (χ3v) is 5.21. The van der Waals surface area contributed by atoms with E-state index >= 15 is 0 Å². The summed E-state index contributed by atoms with van der Waals surface area (Å²) in [7, 11) is 0. The Morgan fingerprint density at radius 2 is 1.57 bits per heavy atom. The topological polar surface area (TPSA) is 65.6 Å². The predicted molar refractivity (Wildman–Crippen MR) is 109 cm³/mol. The molecule has 1 saturated heterocycles. The minimum Gasteiger partial charge on any atom is -0.462 e. The van der Waals surface area contributed by atoms with Crippen LogP contribution in [0.5, 0.6) is 0 Å². The first-order valence-electron chi connectivity index (χ1n) is 9.87. The van der Waals surface area contributed by atoms with Gasteiger partial charge in [0, 0.05) is 44.1 Å². The van der Waals surface area contributed by atoms with Crippen LogP contribution < -0.4 is 0 Å². The molecule has 0 aliphatic carbocycles. The molecule has 28 heavy (non-hydrogen) atoms. The van der Waals surface area contributed by atoms with E-state index in [1.165, 1.54) is 5.56 Å². The molecule has 1 N–H and O–H groups in total. The van der Waals surface area contributed by atoms with Gasteiger partial charge in [0.1, 0.15) is 0 Å². The Labute approximate surface area is 166 Å². The average Bonchev–Trinajstić information content (AvgIpc) is 2.98. The second-order valence-electron chi connectivity index (χ2n) is 7.31. The van der Waals surface area contributed by atoms with E-state index in [0.29, 0.717) is 30.0 Å². The Balaban J connectivity index is 1.60. The van der Waals surface area contributed by atoms with Gasteiger partial charge in [-0.3, -0.25) is 14.6 Å². The summed E-state index contributed by atoms with van der Waals surface area (Å²) in [5.74, 6) is -0.457. The van der Waals surface area contributed by atoms with Crippen LogP contribution in [-0.4, -0.2) is 65.9 Å². The van der Waals surface area contributed by atoms with Gasteiger partial charge >= 0.3 is 5.97 Å². The van der Waals surface area contributed by atoms with Crippen molar-refractivity contribution in [1.29, 1.82) is 0 Å². The Morgan fingerprint density at radius 3 is 2.21 bits per heavy atom. The molecule has 150 valence electrons. The van der Waals surface area contributed by atoms with Crippen molar-refractivity contribution >= 4 is 11.8 Å². The first-order valence-corrected chi connectivity index (χ1v) is 9.87. The quantitative estimate of drug-likeness (QED) is 0.588. The third-order valence-electron chi connectivity index (χ3n) is 5.21. The van der Waals surface area contributed by atoms with Crippen molar-refractivity contribution in [2.24, 2.45) is 0 Å². The molecule has 1 fully saturated rings. The minimum absolute atomic E-state index is 0.0265. The van der Waals surface area contributed by atoms with Crippen molar-refractivity contribution < 1.29 is 14.3 Å². The fraction of sp³-hybridized carbons (Fsp3) is 0.455. The summed E-state index contributed by atoms with van der Waals surface area (Å²) in [6, 6.07) is 10.4. The Morgan fingerprint density at radius 1 is 0.964 bits per heavy atom. The molecule has 1 aromatic carbocycles. The Bertz CT molecular complexity index is 821. The Hall–Kier alpha value is -2.44. The van der Waals surface area contributed by atoms with Crippen molar-refractivity contribution in [3.63, 3.8) is 0 Å². The number of carbonyl (C=O) groups excluding carboxylic acids is 2. The van der Waals surface area contributed by atoms with E-state index in [0.717, 1.165) is 38.4 Å². The van der Waals surface area contributed by atoms with Crippen molar-refractivity contribution in [2.75, 3.05) is 39.3 Å². The van der Waals surface area contributed by atoms with Crippen LogP contribution in [0.3, 0.4) is 0 Å². The number of H-pyrrole nitrogens is 1. The van der Waals surface area contributed by atoms with E-state index in [4.69, 9.17) is 4.74 Å². The molecule has 1 aliphatic heterocycles. The van der Waals surface area contributed by atoms with Crippen LogP contribution in [0.15, 0.2) is 30.3 Å². The summed E-state index contributed by atoms with van der Waals surface area (Å²) in [4.78, 5) is 33.0. The van der Waals surface area contributed by atoms with Crippen LogP contribution in [0.2, 0.25) is 0 Å². The first-order chi connectivity index (χ1) is 13.5. The smallest absolute Gasteiger partial charge is 0.340 e. The summed E-state index contributed by atoms with van der Waals surface area (Å²) in [5, 5.41) is 0. The van der Waals surface area contributed by atoms with E-state index in [2.05, 4.69) is 39.0 Å². The van der Waals surface area contributed by atoms with Gasteiger partial charge in [-0.25, -0.2) is 4.79 Å². The van der Waals surface area contributed by atoms with Gasteiger partial charge in [0.05, 0.1) is 24.3 Å². The van der Waals surface area contributed by atoms with E-state index in [1.807, 2.05) is 13.0 Å². The predicted octanol–water partition coefficient (Wildman–Crippen LogP) is 2.81. The van der Waals surface area contributed by atoms with Crippen molar-refractivity contribution in [3.8, 4) is 0 Å². The van der Waals surface area contributed by atoms with E-state index in [9.17, 15) is 9.59 Å². The summed E-state index contributed by atoms with van der Waals surface area (Å²) < 4.78 is 5.14. The van der Waals surface area contributed by atoms with E-state index < -0.39 is 5.97 Å². The number of nitrogens with zero attached hydrogens (tertiary/aromatic N) is 2. The fourth-order valence-electron chi connectivity index (χ4n) is 3.82. The molecule has 0 atom stereocenters. The normalized spacial score (nSPS) is 15.5. The molecule has 0 bridgehead atoms. The van der Waals surface area contributed by atoms with Crippen LogP contribution in [0.1, 0.15) is 44.6 Å². The highest BCUT2D eigenvalue weighted by molar-refractivity contribution is 6.09. The van der Waals surface area contributed by atoms with Crippen molar-refractivity contribution in [2.45, 2.75) is 27.3 Å². The number of hydrogen-bond donors (Lipinski definition) is 1. The van der Waals surface area contributed by atoms with Crippen LogP contribution >= 0.6 is 0 Å².